The number of hydrogen-bond donors (Lipinski definition) is 2. The summed E-state index contributed by atoms with van der Waals surface area (Å²) in [7, 11) is 0. The van der Waals surface area contributed by atoms with Crippen LogP contribution in [0.5, 0.6) is 0 Å². The molecule has 2 N–H and O–H groups in total. The van der Waals surface area contributed by atoms with E-state index in [9.17, 15) is 0 Å². The van der Waals surface area contributed by atoms with Gasteiger partial charge in [0.25, 0.3) is 0 Å². The summed E-state index contributed by atoms with van der Waals surface area (Å²) >= 11 is 6.66. The van der Waals surface area contributed by atoms with Gasteiger partial charge in [0.15, 0.2) is 0 Å². The third-order valence-corrected chi connectivity index (χ3v) is 1.77. The molecule has 1 aromatic carbocycles. The van der Waals surface area contributed by atoms with E-state index in [0.717, 1.165) is 8.95 Å². The Morgan fingerprint density at radius 1 is 1.09 bits per heavy atom. The van der Waals surface area contributed by atoms with Crippen LogP contribution in [0.4, 0.5) is 0 Å². The van der Waals surface area contributed by atoms with Crippen molar-refractivity contribution in [2.24, 2.45) is 0 Å². The normalized spacial score (nSPS) is 8.00. The predicted octanol–water partition coefficient (Wildman–Crippen LogP) is 1.72. The summed E-state index contributed by atoms with van der Waals surface area (Å²) in [6, 6.07) is 7.96. The van der Waals surface area contributed by atoms with Crippen molar-refractivity contribution in [1.82, 2.24) is 0 Å². The van der Waals surface area contributed by atoms with Crippen LogP contribution in [0.2, 0.25) is 0 Å². The van der Waals surface area contributed by atoms with Gasteiger partial charge in [-0.05, 0) is 18.2 Å². The summed E-state index contributed by atoms with van der Waals surface area (Å²) in [4.78, 5) is 0. The van der Waals surface area contributed by atoms with E-state index in [1.165, 1.54) is 0 Å². The minimum Gasteiger partial charge on any atom is -0.429 e. The molecule has 1 rings (SSSR count). The average Bonchev–Trinajstić information content (AvgIpc) is 1.88. The number of benzene rings is 1. The van der Waals surface area contributed by atoms with Gasteiger partial charge in [0.1, 0.15) is 0 Å². The second kappa shape index (κ2) is 6.85. The van der Waals surface area contributed by atoms with Crippen molar-refractivity contribution in [3.8, 4) is 0 Å². The lowest BCUT2D eigenvalue weighted by Crippen LogP contribution is -1.75. The Labute approximate surface area is 82.8 Å². The van der Waals surface area contributed by atoms with Gasteiger partial charge < -0.3 is 10.0 Å². The van der Waals surface area contributed by atoms with E-state index in [2.05, 4.69) is 31.9 Å². The van der Waals surface area contributed by atoms with Crippen molar-refractivity contribution in [2.45, 2.75) is 0 Å². The molecule has 0 atom stereocenters. The summed E-state index contributed by atoms with van der Waals surface area (Å²) in [6.07, 6.45) is 0. The Bertz CT molecular complexity index is 190. The largest absolute Gasteiger partial charge is 0.482 e. The average molecular weight is 281 g/mol. The van der Waals surface area contributed by atoms with Crippen molar-refractivity contribution in [3.05, 3.63) is 33.2 Å². The molecule has 0 heterocycles. The lowest BCUT2D eigenvalue weighted by Gasteiger charge is -1.87. The van der Waals surface area contributed by atoms with Gasteiger partial charge in [0, 0.05) is 8.95 Å². The number of halogens is 2. The molecule has 0 fully saturated rings. The highest BCUT2D eigenvalue weighted by atomic mass is 79.9. The Morgan fingerprint density at radius 2 is 1.45 bits per heavy atom. The first-order chi connectivity index (χ1) is 5.20. The highest BCUT2D eigenvalue weighted by molar-refractivity contribution is 9.11. The molecule has 0 aliphatic rings. The fourth-order valence-electron chi connectivity index (χ4n) is 0.460. The van der Waals surface area contributed by atoms with Crippen LogP contribution in [-0.2, 0) is 0 Å². The van der Waals surface area contributed by atoms with Gasteiger partial charge >= 0.3 is 7.69 Å². The Hall–Kier alpha value is 0.165. The summed E-state index contributed by atoms with van der Waals surface area (Å²) in [5.41, 5.74) is 0. The Kier molecular flexibility index (Phi) is 6.95. The van der Waals surface area contributed by atoms with Gasteiger partial charge in [-0.25, -0.2) is 0 Å². The quantitative estimate of drug-likeness (QED) is 0.711. The summed E-state index contributed by atoms with van der Waals surface area (Å²) < 4.78 is 2.21. The van der Waals surface area contributed by atoms with Gasteiger partial charge in [0.2, 0.25) is 0 Å². The van der Waals surface area contributed by atoms with Gasteiger partial charge in [-0.15, -0.1) is 0 Å². The molecule has 2 nitrogen and oxygen atoms in total. The molecule has 0 saturated heterocycles. The van der Waals surface area contributed by atoms with Crippen LogP contribution in [0.15, 0.2) is 33.2 Å². The molecule has 1 radical (unpaired) electrons. The minimum atomic E-state index is 0. The fourth-order valence-corrected chi connectivity index (χ4v) is 1.57. The standard InChI is InChI=1S/C6H4Br2.BH2O2/c7-5-2-1-3-6(8)4-5;2-1-3/h1-4H;2-3H. The van der Waals surface area contributed by atoms with Crippen molar-refractivity contribution in [1.29, 1.82) is 0 Å². The topological polar surface area (TPSA) is 40.5 Å². The highest BCUT2D eigenvalue weighted by Crippen LogP contribution is 2.15. The summed E-state index contributed by atoms with van der Waals surface area (Å²) in [5, 5.41) is 14.0. The van der Waals surface area contributed by atoms with Crippen LogP contribution < -0.4 is 0 Å². The van der Waals surface area contributed by atoms with Crippen molar-refractivity contribution in [2.75, 3.05) is 0 Å². The van der Waals surface area contributed by atoms with E-state index in [0.29, 0.717) is 0 Å². The van der Waals surface area contributed by atoms with Crippen molar-refractivity contribution >= 4 is 39.5 Å². The number of rotatable bonds is 0. The first kappa shape index (κ1) is 11.2. The molecule has 5 heteroatoms. The first-order valence-electron chi connectivity index (χ1n) is 2.72. The third kappa shape index (κ3) is 6.56. The smallest absolute Gasteiger partial charge is 0.429 e. The zero-order valence-electron chi connectivity index (χ0n) is 5.54. The highest BCUT2D eigenvalue weighted by Gasteiger charge is 1.84. The summed E-state index contributed by atoms with van der Waals surface area (Å²) in [5.74, 6) is 0. The molecule has 0 aliphatic heterocycles. The van der Waals surface area contributed by atoms with E-state index in [4.69, 9.17) is 10.0 Å². The maximum absolute atomic E-state index is 7.00. The summed E-state index contributed by atoms with van der Waals surface area (Å²) in [6.45, 7) is 0. The van der Waals surface area contributed by atoms with Gasteiger partial charge in [-0.2, -0.15) is 0 Å². The molecule has 0 aliphatic carbocycles. The van der Waals surface area contributed by atoms with Gasteiger partial charge in [0.05, 0.1) is 0 Å². The monoisotopic (exact) mass is 279 g/mol. The molecule has 0 unspecified atom stereocenters. The van der Waals surface area contributed by atoms with Crippen molar-refractivity contribution < 1.29 is 10.0 Å². The first-order valence-corrected chi connectivity index (χ1v) is 4.30. The van der Waals surface area contributed by atoms with E-state index in [-0.39, 0.29) is 7.69 Å². The maximum atomic E-state index is 7.00. The van der Waals surface area contributed by atoms with Crippen LogP contribution in [-0.4, -0.2) is 17.7 Å². The molecule has 59 valence electrons. The molecule has 11 heavy (non-hydrogen) atoms. The molecule has 0 bridgehead atoms. The predicted molar refractivity (Wildman–Crippen MR) is 52.0 cm³/mol. The second-order valence-electron chi connectivity index (χ2n) is 1.56. The molecule has 0 aromatic heterocycles. The van der Waals surface area contributed by atoms with Gasteiger partial charge in [-0.1, -0.05) is 37.9 Å². The van der Waals surface area contributed by atoms with Crippen LogP contribution in [0.25, 0.3) is 0 Å². The molecule has 0 amide bonds. The molecular formula is C6H6BBr2O2. The molecule has 1 aromatic rings. The van der Waals surface area contributed by atoms with E-state index >= 15 is 0 Å². The minimum absolute atomic E-state index is 0. The van der Waals surface area contributed by atoms with Crippen LogP contribution in [0, 0.1) is 0 Å². The zero-order valence-corrected chi connectivity index (χ0v) is 8.71. The maximum Gasteiger partial charge on any atom is 0.482 e. The molecular weight excluding hydrogens is 275 g/mol. The number of hydrogen-bond acceptors (Lipinski definition) is 2. The lowest BCUT2D eigenvalue weighted by molar-refractivity contribution is 0.448. The van der Waals surface area contributed by atoms with Crippen molar-refractivity contribution in [3.63, 3.8) is 0 Å². The second-order valence-corrected chi connectivity index (χ2v) is 3.39. The van der Waals surface area contributed by atoms with Gasteiger partial charge in [-0.3, -0.25) is 0 Å². The Morgan fingerprint density at radius 3 is 1.64 bits per heavy atom. The van der Waals surface area contributed by atoms with E-state index in [1.807, 2.05) is 24.3 Å². The van der Waals surface area contributed by atoms with E-state index < -0.39 is 0 Å². The molecule has 0 saturated carbocycles. The van der Waals surface area contributed by atoms with E-state index in [1.54, 1.807) is 0 Å². The lowest BCUT2D eigenvalue weighted by atomic mass is 10.4. The van der Waals surface area contributed by atoms with Crippen LogP contribution in [0.3, 0.4) is 0 Å². The SMILES string of the molecule is Brc1cccc(Br)c1.O[B]O. The van der Waals surface area contributed by atoms with Crippen LogP contribution in [0.1, 0.15) is 0 Å². The molecule has 0 spiro atoms. The Balaban J connectivity index is 0.000000292. The fraction of sp³-hybridized carbons (Fsp3) is 0. The zero-order chi connectivity index (χ0) is 8.69. The van der Waals surface area contributed by atoms with Crippen LogP contribution >= 0.6 is 31.9 Å². The third-order valence-electron chi connectivity index (χ3n) is 0.787.